The van der Waals surface area contributed by atoms with E-state index in [1.165, 1.54) is 21.9 Å². The van der Waals surface area contributed by atoms with Crippen molar-refractivity contribution in [3.63, 3.8) is 0 Å². The van der Waals surface area contributed by atoms with Crippen LogP contribution in [-0.4, -0.2) is 41.3 Å². The number of amides is 2. The molecule has 1 N–H and O–H groups in total. The first-order chi connectivity index (χ1) is 21.6. The zero-order chi connectivity index (χ0) is 31.6. The second-order valence-electron chi connectivity index (χ2n) is 11.8. The SMILES string of the molecule is O=C1C(=O)[C@@]2(CN1Cc1ccccc1)[C@H](c1ccc(Br)cc1)[C@@H](C(F)(F)F)N[C@]21C(=O)N(Cc2ccccc2)c2ccccc21. The van der Waals surface area contributed by atoms with Gasteiger partial charge < -0.3 is 9.80 Å². The number of rotatable bonds is 5. The Labute approximate surface area is 266 Å². The summed E-state index contributed by atoms with van der Waals surface area (Å²) in [6.45, 7) is -0.290. The summed E-state index contributed by atoms with van der Waals surface area (Å²) in [6, 6.07) is 28.7. The zero-order valence-corrected chi connectivity index (χ0v) is 25.4. The average Bonchev–Trinajstić information content (AvgIpc) is 3.58. The number of fused-ring (bicyclic) bond motifs is 3. The van der Waals surface area contributed by atoms with Crippen LogP contribution in [-0.2, 0) is 33.0 Å². The van der Waals surface area contributed by atoms with Gasteiger partial charge in [-0.15, -0.1) is 0 Å². The van der Waals surface area contributed by atoms with Crippen molar-refractivity contribution in [3.8, 4) is 0 Å². The van der Waals surface area contributed by atoms with Gasteiger partial charge in [0.15, 0.2) is 0 Å². The second-order valence-corrected chi connectivity index (χ2v) is 12.7. The highest BCUT2D eigenvalue weighted by Gasteiger charge is 2.81. The number of benzene rings is 4. The predicted molar refractivity (Wildman–Crippen MR) is 165 cm³/mol. The number of ketones is 1. The molecule has 0 saturated carbocycles. The Balaban J connectivity index is 1.48. The van der Waals surface area contributed by atoms with Crippen LogP contribution in [0, 0.1) is 5.41 Å². The molecule has 2 saturated heterocycles. The normalized spacial score (nSPS) is 26.0. The average molecular weight is 675 g/mol. The van der Waals surface area contributed by atoms with Gasteiger partial charge in [0.05, 0.1) is 12.0 Å². The van der Waals surface area contributed by atoms with Gasteiger partial charge in [-0.25, -0.2) is 0 Å². The molecule has 0 bridgehead atoms. The molecule has 2 fully saturated rings. The second kappa shape index (κ2) is 10.7. The van der Waals surface area contributed by atoms with Crippen molar-refractivity contribution in [2.24, 2.45) is 5.41 Å². The molecule has 0 radical (unpaired) electrons. The number of carbonyl (C=O) groups is 3. The number of halogens is 4. The molecule has 4 atom stereocenters. The van der Waals surface area contributed by atoms with Gasteiger partial charge in [0, 0.05) is 34.7 Å². The summed E-state index contributed by atoms with van der Waals surface area (Å²) < 4.78 is 46.4. The van der Waals surface area contributed by atoms with E-state index in [0.717, 1.165) is 5.56 Å². The Bertz CT molecular complexity index is 1800. The van der Waals surface area contributed by atoms with Gasteiger partial charge in [-0.3, -0.25) is 19.7 Å². The lowest BCUT2D eigenvalue weighted by molar-refractivity contribution is -0.159. The van der Waals surface area contributed by atoms with Gasteiger partial charge in [0.2, 0.25) is 5.78 Å². The molecule has 3 heterocycles. The van der Waals surface area contributed by atoms with Gasteiger partial charge >= 0.3 is 6.18 Å². The van der Waals surface area contributed by atoms with E-state index in [0.29, 0.717) is 15.7 Å². The third-order valence-corrected chi connectivity index (χ3v) is 9.91. The molecular formula is C35H27BrF3N3O3. The Kier molecular flexibility index (Phi) is 6.98. The molecule has 2 spiro atoms. The summed E-state index contributed by atoms with van der Waals surface area (Å²) in [7, 11) is 0. The Morgan fingerprint density at radius 3 is 1.98 bits per heavy atom. The van der Waals surface area contributed by atoms with Gasteiger partial charge in [0.1, 0.15) is 11.6 Å². The number of carbonyl (C=O) groups excluding carboxylic acids is 3. The van der Waals surface area contributed by atoms with Crippen molar-refractivity contribution in [1.82, 2.24) is 10.2 Å². The van der Waals surface area contributed by atoms with Crippen LogP contribution in [0.3, 0.4) is 0 Å². The van der Waals surface area contributed by atoms with Crippen LogP contribution < -0.4 is 10.2 Å². The van der Waals surface area contributed by atoms with Gasteiger partial charge in [-0.2, -0.15) is 13.2 Å². The number of alkyl halides is 3. The minimum atomic E-state index is -4.87. The number of para-hydroxylation sites is 1. The van der Waals surface area contributed by atoms with Crippen LogP contribution in [0.2, 0.25) is 0 Å². The maximum atomic E-state index is 15.3. The summed E-state index contributed by atoms with van der Waals surface area (Å²) in [6.07, 6.45) is -4.87. The minimum Gasteiger partial charge on any atom is -0.331 e. The third kappa shape index (κ3) is 4.37. The van der Waals surface area contributed by atoms with Crippen LogP contribution in [0.15, 0.2) is 114 Å². The van der Waals surface area contributed by atoms with E-state index in [9.17, 15) is 14.4 Å². The molecule has 4 aromatic rings. The third-order valence-electron chi connectivity index (χ3n) is 9.38. The molecule has 228 valence electrons. The van der Waals surface area contributed by atoms with Crippen molar-refractivity contribution in [3.05, 3.63) is 136 Å². The molecular weight excluding hydrogens is 647 g/mol. The first-order valence-corrected chi connectivity index (χ1v) is 15.3. The number of anilines is 1. The lowest BCUT2D eigenvalue weighted by Crippen LogP contribution is -2.60. The summed E-state index contributed by atoms with van der Waals surface area (Å²) in [5, 5.41) is 2.73. The van der Waals surface area contributed by atoms with Crippen molar-refractivity contribution < 1.29 is 27.6 Å². The Morgan fingerprint density at radius 2 is 1.36 bits per heavy atom. The number of nitrogens with one attached hydrogen (secondary N) is 1. The summed E-state index contributed by atoms with van der Waals surface area (Å²) >= 11 is 3.35. The molecule has 3 aliphatic heterocycles. The van der Waals surface area contributed by atoms with Crippen molar-refractivity contribution >= 4 is 39.2 Å². The Hall–Kier alpha value is -4.28. The van der Waals surface area contributed by atoms with E-state index in [1.54, 1.807) is 60.7 Å². The van der Waals surface area contributed by atoms with E-state index < -0.39 is 46.7 Å². The highest BCUT2D eigenvalue weighted by atomic mass is 79.9. The zero-order valence-electron chi connectivity index (χ0n) is 23.8. The first-order valence-electron chi connectivity index (χ1n) is 14.5. The largest absolute Gasteiger partial charge is 0.404 e. The molecule has 0 unspecified atom stereocenters. The van der Waals surface area contributed by atoms with E-state index >= 15 is 13.2 Å². The maximum absolute atomic E-state index is 15.3. The van der Waals surface area contributed by atoms with Gasteiger partial charge in [0.25, 0.3) is 11.8 Å². The maximum Gasteiger partial charge on any atom is 0.404 e. The fourth-order valence-corrected chi connectivity index (χ4v) is 7.83. The number of nitrogens with zero attached hydrogens (tertiary/aromatic N) is 2. The van der Waals surface area contributed by atoms with E-state index in [4.69, 9.17) is 0 Å². The molecule has 10 heteroatoms. The van der Waals surface area contributed by atoms with E-state index in [2.05, 4.69) is 21.2 Å². The lowest BCUT2D eigenvalue weighted by Gasteiger charge is -2.40. The number of hydrogen-bond acceptors (Lipinski definition) is 4. The Morgan fingerprint density at radius 1 is 0.778 bits per heavy atom. The van der Waals surface area contributed by atoms with Crippen LogP contribution in [0.25, 0.3) is 0 Å². The van der Waals surface area contributed by atoms with Crippen molar-refractivity contribution in [1.29, 1.82) is 0 Å². The number of likely N-dealkylation sites (tertiary alicyclic amines) is 1. The summed E-state index contributed by atoms with van der Waals surface area (Å²) in [4.78, 5) is 46.3. The smallest absolute Gasteiger partial charge is 0.331 e. The quantitative estimate of drug-likeness (QED) is 0.260. The molecule has 7 rings (SSSR count). The molecule has 6 nitrogen and oxygen atoms in total. The summed E-state index contributed by atoms with van der Waals surface area (Å²) in [5.74, 6) is -4.19. The highest BCUT2D eigenvalue weighted by molar-refractivity contribution is 9.10. The number of hydrogen-bond donors (Lipinski definition) is 1. The van der Waals surface area contributed by atoms with Crippen molar-refractivity contribution in [2.45, 2.75) is 36.8 Å². The van der Waals surface area contributed by atoms with Crippen LogP contribution in [0.1, 0.15) is 28.2 Å². The standard InChI is InChI=1S/C35H27BrF3N3O3/c36-25-17-15-24(16-18-25)28-29(35(37,38)39)40-34(33(28)21-41(31(44)30(33)43)19-22-9-3-1-4-10-22)26-13-7-8-14-27(26)42(32(34)45)20-23-11-5-2-6-12-23/h1-18,28-29,40H,19-21H2/t28-,29+,33-,34-/m1/s1. The van der Waals surface area contributed by atoms with E-state index in [1.807, 2.05) is 36.4 Å². The molecule has 2 amide bonds. The topological polar surface area (TPSA) is 69.7 Å². The molecule has 0 aromatic heterocycles. The summed E-state index contributed by atoms with van der Waals surface area (Å²) in [5.41, 5.74) is -1.95. The van der Waals surface area contributed by atoms with Crippen LogP contribution in [0.4, 0.5) is 18.9 Å². The predicted octanol–water partition coefficient (Wildman–Crippen LogP) is 6.11. The van der Waals surface area contributed by atoms with E-state index in [-0.39, 0.29) is 30.8 Å². The number of Topliss-reactive ketones (excluding diaryl/α,β-unsaturated/α-hetero) is 1. The fraction of sp³-hybridized carbons (Fsp3) is 0.229. The molecule has 3 aliphatic rings. The molecule has 45 heavy (non-hydrogen) atoms. The first kappa shape index (κ1) is 29.4. The molecule has 0 aliphatic carbocycles. The van der Waals surface area contributed by atoms with Gasteiger partial charge in [-0.05, 0) is 34.9 Å². The monoisotopic (exact) mass is 673 g/mol. The van der Waals surface area contributed by atoms with Gasteiger partial charge in [-0.1, -0.05) is 107 Å². The van der Waals surface area contributed by atoms with Crippen LogP contribution >= 0.6 is 15.9 Å². The fourth-order valence-electron chi connectivity index (χ4n) is 7.57. The highest BCUT2D eigenvalue weighted by Crippen LogP contribution is 2.65. The minimum absolute atomic E-state index is 0.0105. The van der Waals surface area contributed by atoms with Crippen molar-refractivity contribution in [2.75, 3.05) is 11.4 Å². The lowest BCUT2D eigenvalue weighted by atomic mass is 9.59. The molecule has 4 aromatic carbocycles. The van der Waals surface area contributed by atoms with Crippen LogP contribution in [0.5, 0.6) is 0 Å².